The molecule has 0 saturated carbocycles. The largest absolute Gasteiger partial charge is 0.326 e. The maximum Gasteiger partial charge on any atom is 0.261 e. The molecule has 176 valence electrons. The molecule has 1 aliphatic heterocycles. The van der Waals surface area contributed by atoms with Crippen molar-refractivity contribution in [2.45, 2.75) is 18.2 Å². The number of carbonyl (C=O) groups excluding carboxylic acids is 2. The Bertz CT molecular complexity index is 1350. The standard InChI is InChI=1S/C24H21ClFN3O4S/c1-15-2-4-18(5-3-15)28-34(32,33)20-9-6-17(7-10-20)27-24(31)16-12-23(30)29(14-16)19-8-11-22(26)21(25)13-19/h2-11,13,16,28H,12,14H2,1H3,(H,27,31). The monoisotopic (exact) mass is 501 g/mol. The highest BCUT2D eigenvalue weighted by molar-refractivity contribution is 7.92. The quantitative estimate of drug-likeness (QED) is 0.517. The molecule has 0 aromatic heterocycles. The van der Waals surface area contributed by atoms with Crippen LogP contribution in [-0.4, -0.2) is 26.8 Å². The van der Waals surface area contributed by atoms with E-state index < -0.39 is 21.8 Å². The van der Waals surface area contributed by atoms with Crippen molar-refractivity contribution in [2.24, 2.45) is 5.92 Å². The van der Waals surface area contributed by atoms with Crippen LogP contribution < -0.4 is 14.9 Å². The van der Waals surface area contributed by atoms with Gasteiger partial charge in [-0.1, -0.05) is 29.3 Å². The number of rotatable bonds is 6. The van der Waals surface area contributed by atoms with Crippen molar-refractivity contribution in [2.75, 3.05) is 21.5 Å². The van der Waals surface area contributed by atoms with Gasteiger partial charge in [0, 0.05) is 30.0 Å². The first-order valence-corrected chi connectivity index (χ1v) is 12.2. The number of hydrogen-bond donors (Lipinski definition) is 2. The van der Waals surface area contributed by atoms with E-state index in [2.05, 4.69) is 10.0 Å². The summed E-state index contributed by atoms with van der Waals surface area (Å²) in [5.74, 6) is -1.86. The van der Waals surface area contributed by atoms with Crippen molar-refractivity contribution in [1.29, 1.82) is 0 Å². The molecule has 34 heavy (non-hydrogen) atoms. The van der Waals surface area contributed by atoms with Gasteiger partial charge in [-0.15, -0.1) is 0 Å². The fourth-order valence-corrected chi connectivity index (χ4v) is 4.82. The molecule has 2 amide bonds. The van der Waals surface area contributed by atoms with Crippen molar-refractivity contribution in [3.63, 3.8) is 0 Å². The number of amides is 2. The molecule has 1 atom stereocenters. The van der Waals surface area contributed by atoms with E-state index in [0.29, 0.717) is 17.1 Å². The van der Waals surface area contributed by atoms with Gasteiger partial charge in [0.15, 0.2) is 0 Å². The van der Waals surface area contributed by atoms with Crippen molar-refractivity contribution in [1.82, 2.24) is 0 Å². The number of nitrogens with one attached hydrogen (secondary N) is 2. The molecule has 0 radical (unpaired) electrons. The van der Waals surface area contributed by atoms with E-state index in [4.69, 9.17) is 11.6 Å². The predicted octanol–water partition coefficient (Wildman–Crippen LogP) is 4.58. The summed E-state index contributed by atoms with van der Waals surface area (Å²) in [5.41, 5.74) is 2.27. The third-order valence-corrected chi connectivity index (χ3v) is 7.13. The third-order valence-electron chi connectivity index (χ3n) is 5.45. The van der Waals surface area contributed by atoms with Gasteiger partial charge in [-0.05, 0) is 61.5 Å². The average molecular weight is 502 g/mol. The van der Waals surface area contributed by atoms with E-state index in [9.17, 15) is 22.4 Å². The molecule has 1 saturated heterocycles. The van der Waals surface area contributed by atoms with Gasteiger partial charge in [-0.25, -0.2) is 12.8 Å². The Morgan fingerprint density at radius 3 is 2.32 bits per heavy atom. The van der Waals surface area contributed by atoms with Crippen molar-refractivity contribution in [3.8, 4) is 0 Å². The number of sulfonamides is 1. The van der Waals surface area contributed by atoms with Gasteiger partial charge in [0.05, 0.1) is 15.8 Å². The summed E-state index contributed by atoms with van der Waals surface area (Å²) in [6.45, 7) is 2.03. The average Bonchev–Trinajstić information content (AvgIpc) is 3.19. The molecule has 7 nitrogen and oxygen atoms in total. The molecule has 1 aliphatic rings. The molecule has 0 spiro atoms. The van der Waals surface area contributed by atoms with E-state index in [1.54, 1.807) is 24.3 Å². The fraction of sp³-hybridized carbons (Fsp3) is 0.167. The first kappa shape index (κ1) is 23.7. The fourth-order valence-electron chi connectivity index (χ4n) is 3.58. The summed E-state index contributed by atoms with van der Waals surface area (Å²) in [5, 5.41) is 2.61. The molecule has 3 aromatic carbocycles. The number of benzene rings is 3. The molecule has 0 aliphatic carbocycles. The van der Waals surface area contributed by atoms with Crippen LogP contribution in [0.2, 0.25) is 5.02 Å². The molecule has 1 unspecified atom stereocenters. The maximum absolute atomic E-state index is 13.4. The molecular formula is C24H21ClFN3O4S. The van der Waals surface area contributed by atoms with Crippen LogP contribution in [0.1, 0.15) is 12.0 Å². The summed E-state index contributed by atoms with van der Waals surface area (Å²) in [6, 6.07) is 16.6. The van der Waals surface area contributed by atoms with Crippen molar-refractivity contribution < 1.29 is 22.4 Å². The maximum atomic E-state index is 13.4. The highest BCUT2D eigenvalue weighted by Gasteiger charge is 2.35. The molecule has 10 heteroatoms. The summed E-state index contributed by atoms with van der Waals surface area (Å²) in [4.78, 5) is 26.5. The van der Waals surface area contributed by atoms with Crippen LogP contribution in [0, 0.1) is 18.7 Å². The van der Waals surface area contributed by atoms with Gasteiger partial charge in [-0.2, -0.15) is 0 Å². The SMILES string of the molecule is Cc1ccc(NS(=O)(=O)c2ccc(NC(=O)C3CC(=O)N(c4ccc(F)c(Cl)c4)C3)cc2)cc1. The molecule has 0 bridgehead atoms. The number of hydrogen-bond acceptors (Lipinski definition) is 4. The van der Waals surface area contributed by atoms with Crippen LogP contribution in [0.4, 0.5) is 21.5 Å². The summed E-state index contributed by atoms with van der Waals surface area (Å²) in [6.07, 6.45) is -0.00619. The Balaban J connectivity index is 1.40. The number of anilines is 3. The van der Waals surface area contributed by atoms with Gasteiger partial charge >= 0.3 is 0 Å². The second-order valence-electron chi connectivity index (χ2n) is 7.99. The molecule has 1 heterocycles. The van der Waals surface area contributed by atoms with Crippen LogP contribution in [-0.2, 0) is 19.6 Å². The highest BCUT2D eigenvalue weighted by atomic mass is 35.5. The van der Waals surface area contributed by atoms with Crippen LogP contribution in [0.15, 0.2) is 71.6 Å². The van der Waals surface area contributed by atoms with Crippen LogP contribution in [0.25, 0.3) is 0 Å². The number of halogens is 2. The van der Waals surface area contributed by atoms with Gasteiger partial charge in [0.25, 0.3) is 10.0 Å². The van der Waals surface area contributed by atoms with Gasteiger partial charge in [0.2, 0.25) is 11.8 Å². The van der Waals surface area contributed by atoms with Crippen molar-refractivity contribution >= 4 is 50.5 Å². The zero-order valence-corrected chi connectivity index (χ0v) is 19.7. The van der Waals surface area contributed by atoms with E-state index >= 15 is 0 Å². The predicted molar refractivity (Wildman–Crippen MR) is 129 cm³/mol. The molecular weight excluding hydrogens is 481 g/mol. The highest BCUT2D eigenvalue weighted by Crippen LogP contribution is 2.29. The van der Waals surface area contributed by atoms with Gasteiger partial charge in [-0.3, -0.25) is 14.3 Å². The van der Waals surface area contributed by atoms with E-state index in [0.717, 1.165) is 5.56 Å². The Morgan fingerprint density at radius 1 is 1.03 bits per heavy atom. The lowest BCUT2D eigenvalue weighted by Crippen LogP contribution is -2.28. The molecule has 3 aromatic rings. The Kier molecular flexibility index (Phi) is 6.58. The minimum Gasteiger partial charge on any atom is -0.326 e. The van der Waals surface area contributed by atoms with Crippen molar-refractivity contribution in [3.05, 3.63) is 83.1 Å². The first-order valence-electron chi connectivity index (χ1n) is 10.4. The first-order chi connectivity index (χ1) is 16.1. The Labute approximate surface area is 201 Å². The minimum atomic E-state index is -3.79. The third kappa shape index (κ3) is 5.21. The second-order valence-corrected chi connectivity index (χ2v) is 10.1. The zero-order valence-electron chi connectivity index (χ0n) is 18.1. The second kappa shape index (κ2) is 9.44. The lowest BCUT2D eigenvalue weighted by atomic mass is 10.1. The van der Waals surface area contributed by atoms with Gasteiger partial charge < -0.3 is 10.2 Å². The Hall–Kier alpha value is -3.43. The lowest BCUT2D eigenvalue weighted by Gasteiger charge is -2.17. The smallest absolute Gasteiger partial charge is 0.261 e. The molecule has 2 N–H and O–H groups in total. The summed E-state index contributed by atoms with van der Waals surface area (Å²) >= 11 is 5.80. The number of nitrogens with zero attached hydrogens (tertiary/aromatic N) is 1. The summed E-state index contributed by atoms with van der Waals surface area (Å²) < 4.78 is 41.1. The zero-order chi connectivity index (χ0) is 24.5. The van der Waals surface area contributed by atoms with Crippen LogP contribution >= 0.6 is 11.6 Å². The van der Waals surface area contributed by atoms with Gasteiger partial charge in [0.1, 0.15) is 5.82 Å². The van der Waals surface area contributed by atoms with E-state index in [-0.39, 0.29) is 34.7 Å². The number of carbonyl (C=O) groups is 2. The summed E-state index contributed by atoms with van der Waals surface area (Å²) in [7, 11) is -3.79. The molecule has 1 fully saturated rings. The van der Waals surface area contributed by atoms with Crippen LogP contribution in [0.5, 0.6) is 0 Å². The number of aryl methyl sites for hydroxylation is 1. The normalized spacial score (nSPS) is 15.9. The van der Waals surface area contributed by atoms with E-state index in [1.165, 1.54) is 47.4 Å². The van der Waals surface area contributed by atoms with E-state index in [1.807, 2.05) is 6.92 Å². The topological polar surface area (TPSA) is 95.6 Å². The molecule has 4 rings (SSSR count). The minimum absolute atomic E-state index is 0.00619. The van der Waals surface area contributed by atoms with Crippen LogP contribution in [0.3, 0.4) is 0 Å². The Morgan fingerprint density at radius 2 is 1.68 bits per heavy atom. The lowest BCUT2D eigenvalue weighted by molar-refractivity contribution is -0.122.